The third-order valence-corrected chi connectivity index (χ3v) is 4.17. The van der Waals surface area contributed by atoms with E-state index in [9.17, 15) is 9.18 Å². The van der Waals surface area contributed by atoms with E-state index in [0.717, 1.165) is 31.0 Å². The second kappa shape index (κ2) is 6.99. The minimum Gasteiger partial charge on any atom is -0.486 e. The summed E-state index contributed by atoms with van der Waals surface area (Å²) in [7, 11) is 0. The Bertz CT molecular complexity index is 917. The first-order chi connectivity index (χ1) is 12.7. The van der Waals surface area contributed by atoms with E-state index < -0.39 is 0 Å². The highest BCUT2D eigenvalue weighted by atomic mass is 19.1. The molecule has 0 radical (unpaired) electrons. The molecule has 0 fully saturated rings. The van der Waals surface area contributed by atoms with E-state index in [-0.39, 0.29) is 24.1 Å². The standard InChI is InChI=1S/C18H17FN4O3/c19-12-3-5-13(6-4-12)25-11-14-7-8-15(26-14)18(24)20-10-17-22-21-16-2-1-9-23(16)17/h3-8H,1-2,9-11H2,(H,20,24). The van der Waals surface area contributed by atoms with Crippen molar-refractivity contribution < 1.29 is 18.3 Å². The van der Waals surface area contributed by atoms with Crippen LogP contribution in [-0.2, 0) is 26.1 Å². The van der Waals surface area contributed by atoms with E-state index in [4.69, 9.17) is 9.15 Å². The monoisotopic (exact) mass is 356 g/mol. The molecule has 0 saturated heterocycles. The van der Waals surface area contributed by atoms with E-state index in [0.29, 0.717) is 18.1 Å². The van der Waals surface area contributed by atoms with E-state index in [1.54, 1.807) is 12.1 Å². The van der Waals surface area contributed by atoms with E-state index in [2.05, 4.69) is 15.5 Å². The van der Waals surface area contributed by atoms with Crippen molar-refractivity contribution in [3.63, 3.8) is 0 Å². The largest absolute Gasteiger partial charge is 0.486 e. The average Bonchev–Trinajstić information content (AvgIpc) is 3.36. The van der Waals surface area contributed by atoms with Crippen molar-refractivity contribution in [1.82, 2.24) is 20.1 Å². The molecular formula is C18H17FN4O3. The lowest BCUT2D eigenvalue weighted by atomic mass is 10.3. The summed E-state index contributed by atoms with van der Waals surface area (Å²) < 4.78 is 25.9. The molecule has 1 aromatic carbocycles. The van der Waals surface area contributed by atoms with Gasteiger partial charge >= 0.3 is 0 Å². The molecule has 7 nitrogen and oxygen atoms in total. The van der Waals surface area contributed by atoms with Crippen LogP contribution in [0.25, 0.3) is 0 Å². The predicted octanol–water partition coefficient (Wildman–Crippen LogP) is 2.47. The van der Waals surface area contributed by atoms with E-state index in [1.807, 2.05) is 4.57 Å². The summed E-state index contributed by atoms with van der Waals surface area (Å²) in [5, 5.41) is 11.0. The van der Waals surface area contributed by atoms with Gasteiger partial charge in [-0.3, -0.25) is 4.79 Å². The highest BCUT2D eigenvalue weighted by Gasteiger charge is 2.18. The molecule has 134 valence electrons. The number of benzene rings is 1. The number of nitrogens with zero attached hydrogens (tertiary/aromatic N) is 3. The number of carbonyl (C=O) groups excluding carboxylic acids is 1. The molecule has 0 bridgehead atoms. The quantitative estimate of drug-likeness (QED) is 0.734. The van der Waals surface area contributed by atoms with Gasteiger partial charge in [-0.2, -0.15) is 0 Å². The van der Waals surface area contributed by atoms with Crippen molar-refractivity contribution in [3.05, 3.63) is 65.4 Å². The Morgan fingerprint density at radius 1 is 1.23 bits per heavy atom. The summed E-state index contributed by atoms with van der Waals surface area (Å²) in [6.07, 6.45) is 1.98. The maximum Gasteiger partial charge on any atom is 0.287 e. The Morgan fingerprint density at radius 2 is 2.08 bits per heavy atom. The topological polar surface area (TPSA) is 82.2 Å². The summed E-state index contributed by atoms with van der Waals surface area (Å²) in [6.45, 7) is 1.34. The van der Waals surface area contributed by atoms with Crippen LogP contribution in [0.15, 0.2) is 40.8 Å². The van der Waals surface area contributed by atoms with Crippen molar-refractivity contribution in [1.29, 1.82) is 0 Å². The van der Waals surface area contributed by atoms with Crippen LogP contribution >= 0.6 is 0 Å². The van der Waals surface area contributed by atoms with Crippen molar-refractivity contribution in [2.24, 2.45) is 0 Å². The molecule has 1 aliphatic rings. The number of hydrogen-bond acceptors (Lipinski definition) is 5. The second-order valence-corrected chi connectivity index (χ2v) is 5.98. The van der Waals surface area contributed by atoms with Gasteiger partial charge in [-0.05, 0) is 42.8 Å². The number of nitrogens with one attached hydrogen (secondary N) is 1. The molecule has 0 spiro atoms. The number of aromatic nitrogens is 3. The zero-order valence-electron chi connectivity index (χ0n) is 13.9. The Kier molecular flexibility index (Phi) is 4.39. The number of rotatable bonds is 6. The Morgan fingerprint density at radius 3 is 2.92 bits per heavy atom. The van der Waals surface area contributed by atoms with Crippen LogP contribution in [0.5, 0.6) is 5.75 Å². The van der Waals surface area contributed by atoms with Crippen LogP contribution < -0.4 is 10.1 Å². The average molecular weight is 356 g/mol. The molecule has 1 amide bonds. The number of hydrogen-bond donors (Lipinski definition) is 1. The first-order valence-electron chi connectivity index (χ1n) is 8.35. The Balaban J connectivity index is 1.32. The third-order valence-electron chi connectivity index (χ3n) is 4.17. The molecule has 0 aliphatic carbocycles. The number of ether oxygens (including phenoxy) is 1. The SMILES string of the molecule is O=C(NCc1nnc2n1CCC2)c1ccc(COc2ccc(F)cc2)o1. The maximum atomic E-state index is 12.9. The van der Waals surface area contributed by atoms with Crippen molar-refractivity contribution >= 4 is 5.91 Å². The smallest absolute Gasteiger partial charge is 0.287 e. The molecule has 26 heavy (non-hydrogen) atoms. The van der Waals surface area contributed by atoms with Gasteiger partial charge in [-0.15, -0.1) is 10.2 Å². The van der Waals surface area contributed by atoms with Crippen LogP contribution in [0.4, 0.5) is 4.39 Å². The first-order valence-corrected chi connectivity index (χ1v) is 8.35. The molecule has 0 saturated carbocycles. The third kappa shape index (κ3) is 3.44. The van der Waals surface area contributed by atoms with Crippen LogP contribution in [-0.4, -0.2) is 20.7 Å². The fraction of sp³-hybridized carbons (Fsp3) is 0.278. The first kappa shape index (κ1) is 16.3. The number of furan rings is 1. The second-order valence-electron chi connectivity index (χ2n) is 5.98. The van der Waals surface area contributed by atoms with E-state index in [1.165, 1.54) is 24.3 Å². The Labute approximate surface area is 148 Å². The van der Waals surface area contributed by atoms with Crippen LogP contribution in [0.1, 0.15) is 34.4 Å². The zero-order valence-corrected chi connectivity index (χ0v) is 13.9. The highest BCUT2D eigenvalue weighted by Crippen LogP contribution is 2.16. The number of carbonyl (C=O) groups is 1. The van der Waals surface area contributed by atoms with Crippen molar-refractivity contribution in [2.75, 3.05) is 0 Å². The number of amides is 1. The van der Waals surface area contributed by atoms with Gasteiger partial charge in [0.05, 0.1) is 6.54 Å². The van der Waals surface area contributed by atoms with Gasteiger partial charge in [-0.25, -0.2) is 4.39 Å². The number of fused-ring (bicyclic) bond motifs is 1. The molecule has 4 rings (SSSR count). The lowest BCUT2D eigenvalue weighted by Crippen LogP contribution is -2.24. The normalized spacial score (nSPS) is 12.8. The summed E-state index contributed by atoms with van der Waals surface area (Å²) >= 11 is 0. The van der Waals surface area contributed by atoms with Gasteiger partial charge in [0, 0.05) is 13.0 Å². The van der Waals surface area contributed by atoms with Crippen molar-refractivity contribution in [2.45, 2.75) is 32.5 Å². The van der Waals surface area contributed by atoms with Crippen LogP contribution in [0.3, 0.4) is 0 Å². The van der Waals surface area contributed by atoms with Gasteiger partial charge in [0.15, 0.2) is 11.6 Å². The Hall–Kier alpha value is -3.16. The fourth-order valence-electron chi connectivity index (χ4n) is 2.85. The molecule has 0 unspecified atom stereocenters. The van der Waals surface area contributed by atoms with Gasteiger partial charge in [0.2, 0.25) is 0 Å². The summed E-state index contributed by atoms with van der Waals surface area (Å²) in [6, 6.07) is 8.96. The van der Waals surface area contributed by atoms with E-state index >= 15 is 0 Å². The van der Waals surface area contributed by atoms with Crippen LogP contribution in [0.2, 0.25) is 0 Å². The summed E-state index contributed by atoms with van der Waals surface area (Å²) in [5.74, 6) is 2.28. The minimum absolute atomic E-state index is 0.149. The molecule has 2 aromatic heterocycles. The van der Waals surface area contributed by atoms with Crippen LogP contribution in [0, 0.1) is 5.82 Å². The maximum absolute atomic E-state index is 12.9. The van der Waals surface area contributed by atoms with Gasteiger partial charge in [0.25, 0.3) is 5.91 Å². The molecule has 0 atom stereocenters. The number of aryl methyl sites for hydroxylation is 1. The van der Waals surface area contributed by atoms with Gasteiger partial charge in [-0.1, -0.05) is 0 Å². The summed E-state index contributed by atoms with van der Waals surface area (Å²) in [4.78, 5) is 12.2. The molecule has 1 aliphatic heterocycles. The van der Waals surface area contributed by atoms with Gasteiger partial charge in [0.1, 0.15) is 29.8 Å². The molecule has 3 heterocycles. The molecular weight excluding hydrogens is 339 g/mol. The number of halogens is 1. The molecule has 1 N–H and O–H groups in total. The highest BCUT2D eigenvalue weighted by molar-refractivity contribution is 5.91. The lowest BCUT2D eigenvalue weighted by molar-refractivity contribution is 0.0917. The molecule has 3 aromatic rings. The predicted molar refractivity (Wildman–Crippen MR) is 89.0 cm³/mol. The van der Waals surface area contributed by atoms with Crippen molar-refractivity contribution in [3.8, 4) is 5.75 Å². The lowest BCUT2D eigenvalue weighted by Gasteiger charge is -2.05. The summed E-state index contributed by atoms with van der Waals surface area (Å²) in [5.41, 5.74) is 0. The minimum atomic E-state index is -0.326. The molecule has 8 heteroatoms. The zero-order chi connectivity index (χ0) is 17.9. The fourth-order valence-corrected chi connectivity index (χ4v) is 2.85. The van der Waals surface area contributed by atoms with Gasteiger partial charge < -0.3 is 19.0 Å².